The summed E-state index contributed by atoms with van der Waals surface area (Å²) in [5.74, 6) is 2.83. The molecular weight excluding hydrogens is 370 g/mol. The normalized spacial score (nSPS) is 30.2. The highest BCUT2D eigenvalue weighted by atomic mass is 19.3. The van der Waals surface area contributed by atoms with Gasteiger partial charge in [0.2, 0.25) is 0 Å². The van der Waals surface area contributed by atoms with E-state index < -0.39 is 11.9 Å². The van der Waals surface area contributed by atoms with E-state index in [9.17, 15) is 13.6 Å². The average Bonchev–Trinajstić information content (AvgIpc) is 2.90. The van der Waals surface area contributed by atoms with Crippen molar-refractivity contribution in [2.24, 2.45) is 28.8 Å². The number of nitrogens with zero attached hydrogens (tertiary/aromatic N) is 4. The molecule has 0 amide bonds. The topological polar surface area (TPSA) is 122 Å². The highest BCUT2D eigenvalue weighted by Crippen LogP contribution is 2.65. The zero-order valence-electron chi connectivity index (χ0n) is 15.8. The van der Waals surface area contributed by atoms with Gasteiger partial charge in [-0.25, -0.2) is 15.8 Å². The Morgan fingerprint density at radius 3 is 2.71 bits per heavy atom. The van der Waals surface area contributed by atoms with Crippen LogP contribution in [-0.2, 0) is 17.1 Å². The summed E-state index contributed by atoms with van der Waals surface area (Å²) >= 11 is 0. The van der Waals surface area contributed by atoms with Gasteiger partial charge in [0, 0.05) is 44.7 Å². The molecule has 2 fully saturated rings. The molecule has 1 saturated heterocycles. The number of aliphatic carboxylic acids is 1. The van der Waals surface area contributed by atoms with Crippen LogP contribution in [0.4, 0.5) is 14.6 Å². The van der Waals surface area contributed by atoms with Crippen LogP contribution in [0.2, 0.25) is 0 Å². The zero-order valence-corrected chi connectivity index (χ0v) is 15.8. The van der Waals surface area contributed by atoms with Crippen LogP contribution in [0.5, 0.6) is 0 Å². The second-order valence-corrected chi connectivity index (χ2v) is 8.26. The maximum Gasteiger partial charge on any atom is 0.303 e. The molecule has 28 heavy (non-hydrogen) atoms. The van der Waals surface area contributed by atoms with Crippen LogP contribution in [0, 0.1) is 17.3 Å². The van der Waals surface area contributed by atoms with Crippen LogP contribution in [0.15, 0.2) is 6.20 Å². The van der Waals surface area contributed by atoms with E-state index in [1.165, 1.54) is 18.3 Å². The molecule has 8 nitrogen and oxygen atoms in total. The zero-order chi connectivity index (χ0) is 20.4. The van der Waals surface area contributed by atoms with Crippen LogP contribution >= 0.6 is 0 Å². The second-order valence-electron chi connectivity index (χ2n) is 8.26. The molecule has 3 aliphatic rings. The molecule has 4 rings (SSSR count). The molecule has 1 aliphatic heterocycles. The first-order valence-corrected chi connectivity index (χ1v) is 9.25. The van der Waals surface area contributed by atoms with Gasteiger partial charge in [0.05, 0.1) is 0 Å². The number of halogens is 2. The summed E-state index contributed by atoms with van der Waals surface area (Å²) in [5.41, 5.74) is 5.94. The summed E-state index contributed by atoms with van der Waals surface area (Å²) in [6, 6.07) is 0. The molecule has 152 valence electrons. The number of carbonyl (C=O) groups is 1. The first-order chi connectivity index (χ1) is 13.1. The van der Waals surface area contributed by atoms with Crippen LogP contribution in [0.1, 0.15) is 36.8 Å². The Bertz CT molecular complexity index is 874. The first-order valence-electron chi connectivity index (χ1n) is 9.25. The molecule has 0 spiro atoms. The number of hydrogen-bond acceptors (Lipinski definition) is 7. The van der Waals surface area contributed by atoms with E-state index in [4.69, 9.17) is 16.7 Å². The summed E-state index contributed by atoms with van der Waals surface area (Å²) in [4.78, 5) is 21.7. The maximum absolute atomic E-state index is 14.4. The first kappa shape index (κ1) is 18.9. The molecule has 0 radical (unpaired) electrons. The van der Waals surface area contributed by atoms with E-state index in [0.29, 0.717) is 24.5 Å². The molecule has 2 heterocycles. The van der Waals surface area contributed by atoms with Crippen molar-refractivity contribution >= 4 is 17.5 Å². The minimum Gasteiger partial charge on any atom is -0.481 e. The van der Waals surface area contributed by atoms with Crippen molar-refractivity contribution in [2.75, 3.05) is 25.0 Å². The van der Waals surface area contributed by atoms with Crippen molar-refractivity contribution in [1.82, 2.24) is 15.0 Å². The van der Waals surface area contributed by atoms with Gasteiger partial charge in [-0.3, -0.25) is 4.79 Å². The van der Waals surface area contributed by atoms with E-state index in [1.807, 2.05) is 4.90 Å². The fraction of sp³-hybridized carbons (Fsp3) is 0.611. The van der Waals surface area contributed by atoms with Crippen molar-refractivity contribution in [3.8, 4) is 0 Å². The summed E-state index contributed by atoms with van der Waals surface area (Å²) in [6.45, 7) is 3.24. The molecule has 2 aliphatic carbocycles. The number of anilines is 1. The quantitative estimate of drug-likeness (QED) is 0.502. The number of nitrogens with two attached hydrogens (primary N) is 2. The number of rotatable bonds is 5. The van der Waals surface area contributed by atoms with Gasteiger partial charge in [-0.05, 0) is 23.7 Å². The van der Waals surface area contributed by atoms with Gasteiger partial charge >= 0.3 is 5.97 Å². The van der Waals surface area contributed by atoms with E-state index in [2.05, 4.69) is 16.9 Å². The van der Waals surface area contributed by atoms with Crippen LogP contribution in [0.25, 0.3) is 5.70 Å². The smallest absolute Gasteiger partial charge is 0.303 e. The lowest BCUT2D eigenvalue weighted by molar-refractivity contribution is -0.137. The predicted molar refractivity (Wildman–Crippen MR) is 97.9 cm³/mol. The monoisotopic (exact) mass is 394 g/mol. The Morgan fingerprint density at radius 1 is 1.46 bits per heavy atom. The Balaban J connectivity index is 1.71. The molecule has 5 N–H and O–H groups in total. The second kappa shape index (κ2) is 6.00. The third kappa shape index (κ3) is 2.69. The third-order valence-electron chi connectivity index (χ3n) is 6.50. The molecular formula is C18H24F2N6O2. The van der Waals surface area contributed by atoms with Gasteiger partial charge in [-0.15, -0.1) is 0 Å². The molecule has 0 bridgehead atoms. The standard InChI is InChI=1S/C18H24F2N6O2/c1-17-8-26(7-11(17)10(17)5-13(27)28)16-9-3-4-18(19,20)14(9)23-15(24-16)12(6-21)25(2)22/h6,10-11H,3-5,7-8,21-22H2,1-2H3,(H,27,28)/b12-6-/t10-,11-,17+/m1/s1. The lowest BCUT2D eigenvalue weighted by Gasteiger charge is -2.26. The third-order valence-corrected chi connectivity index (χ3v) is 6.50. The van der Waals surface area contributed by atoms with Crippen molar-refractivity contribution < 1.29 is 18.7 Å². The Kier molecular flexibility index (Phi) is 4.04. The lowest BCUT2D eigenvalue weighted by atomic mass is 10.0. The van der Waals surface area contributed by atoms with E-state index in [-0.39, 0.29) is 53.7 Å². The van der Waals surface area contributed by atoms with Gasteiger partial charge in [0.15, 0.2) is 5.82 Å². The highest BCUT2D eigenvalue weighted by Gasteiger charge is 2.66. The summed E-state index contributed by atoms with van der Waals surface area (Å²) in [7, 11) is 1.54. The number of alkyl halides is 2. The fourth-order valence-electron chi connectivity index (χ4n) is 4.90. The van der Waals surface area contributed by atoms with Crippen molar-refractivity contribution in [1.29, 1.82) is 0 Å². The minimum atomic E-state index is -3.02. The van der Waals surface area contributed by atoms with Crippen LogP contribution in [-0.4, -0.2) is 46.2 Å². The Hall–Kier alpha value is -2.49. The molecule has 3 atom stereocenters. The number of carboxylic acids is 1. The van der Waals surface area contributed by atoms with E-state index in [0.717, 1.165) is 0 Å². The Morgan fingerprint density at radius 2 is 2.18 bits per heavy atom. The molecule has 1 aromatic rings. The van der Waals surface area contributed by atoms with E-state index >= 15 is 0 Å². The van der Waals surface area contributed by atoms with Crippen molar-refractivity contribution in [3.05, 3.63) is 23.3 Å². The number of aromatic nitrogens is 2. The molecule has 10 heteroatoms. The van der Waals surface area contributed by atoms with E-state index in [1.54, 1.807) is 0 Å². The number of piperidine rings is 1. The van der Waals surface area contributed by atoms with Gasteiger partial charge in [-0.1, -0.05) is 6.92 Å². The number of carboxylic acid groups (broad SMARTS) is 1. The lowest BCUT2D eigenvalue weighted by Crippen LogP contribution is -2.31. The van der Waals surface area contributed by atoms with Gasteiger partial charge in [-0.2, -0.15) is 8.78 Å². The number of hydrogen-bond donors (Lipinski definition) is 3. The van der Waals surface area contributed by atoms with Crippen molar-refractivity contribution in [3.63, 3.8) is 0 Å². The van der Waals surface area contributed by atoms with Gasteiger partial charge in [0.25, 0.3) is 5.92 Å². The van der Waals surface area contributed by atoms with Gasteiger partial charge in [0.1, 0.15) is 17.2 Å². The molecule has 0 aromatic carbocycles. The number of fused-ring (bicyclic) bond motifs is 2. The largest absolute Gasteiger partial charge is 0.481 e. The van der Waals surface area contributed by atoms with Crippen LogP contribution in [0.3, 0.4) is 0 Å². The van der Waals surface area contributed by atoms with Crippen molar-refractivity contribution in [2.45, 2.75) is 32.1 Å². The summed E-state index contributed by atoms with van der Waals surface area (Å²) in [5, 5.41) is 10.3. The minimum absolute atomic E-state index is 0.0654. The molecule has 1 saturated carbocycles. The fourth-order valence-corrected chi connectivity index (χ4v) is 4.90. The predicted octanol–water partition coefficient (Wildman–Crippen LogP) is 1.12. The molecule has 1 aromatic heterocycles. The summed E-state index contributed by atoms with van der Waals surface area (Å²) in [6.07, 6.45) is 1.24. The Labute approximate surface area is 161 Å². The summed E-state index contributed by atoms with van der Waals surface area (Å²) < 4.78 is 28.9. The number of hydrazine groups is 1. The van der Waals surface area contributed by atoms with Crippen LogP contribution < -0.4 is 16.5 Å². The maximum atomic E-state index is 14.4. The molecule has 0 unspecified atom stereocenters. The van der Waals surface area contributed by atoms with Gasteiger partial charge < -0.3 is 20.7 Å². The SMILES string of the molecule is CN(N)/C(=C\N)c1nc(N2C[C@@H]3[C@@H](CC(=O)O)[C@]3(C)C2)c2c(n1)C(F)(F)CC2. The average molecular weight is 394 g/mol. The highest BCUT2D eigenvalue weighted by molar-refractivity contribution is 5.68.